The van der Waals surface area contributed by atoms with Crippen molar-refractivity contribution in [3.63, 3.8) is 0 Å². The van der Waals surface area contributed by atoms with Gasteiger partial charge in [-0.15, -0.1) is 0 Å². The van der Waals surface area contributed by atoms with Gasteiger partial charge in [0.1, 0.15) is 0 Å². The Kier molecular flexibility index (Phi) is 4.57. The summed E-state index contributed by atoms with van der Waals surface area (Å²) in [5, 5.41) is 19.2. The van der Waals surface area contributed by atoms with Crippen molar-refractivity contribution in [1.82, 2.24) is 0 Å². The number of hydrogen-bond donors (Lipinski definition) is 1. The Morgan fingerprint density at radius 2 is 1.67 bits per heavy atom. The average molecular weight is 249 g/mol. The van der Waals surface area contributed by atoms with Gasteiger partial charge < -0.3 is 14.6 Å². The van der Waals surface area contributed by atoms with Crippen LogP contribution in [0.25, 0.3) is 0 Å². The number of nitriles is 1. The summed E-state index contributed by atoms with van der Waals surface area (Å²) >= 11 is 0. The van der Waals surface area contributed by atoms with E-state index in [-0.39, 0.29) is 0 Å². The zero-order valence-corrected chi connectivity index (χ0v) is 11.3. The second-order valence-corrected chi connectivity index (χ2v) is 4.38. The third kappa shape index (κ3) is 3.14. The van der Waals surface area contributed by atoms with Crippen LogP contribution in [0.1, 0.15) is 38.8 Å². The van der Waals surface area contributed by atoms with E-state index in [0.29, 0.717) is 35.8 Å². The van der Waals surface area contributed by atoms with Crippen molar-refractivity contribution in [2.45, 2.75) is 33.3 Å². The molecule has 0 unspecified atom stereocenters. The van der Waals surface area contributed by atoms with E-state index in [1.54, 1.807) is 26.0 Å². The molecule has 18 heavy (non-hydrogen) atoms. The number of hydrogen-bond acceptors (Lipinski definition) is 4. The molecule has 0 aliphatic rings. The molecule has 0 saturated heterocycles. The van der Waals surface area contributed by atoms with E-state index in [2.05, 4.69) is 6.07 Å². The van der Waals surface area contributed by atoms with E-state index in [1.807, 2.05) is 13.8 Å². The van der Waals surface area contributed by atoms with Crippen LogP contribution in [0.5, 0.6) is 11.5 Å². The van der Waals surface area contributed by atoms with Crippen molar-refractivity contribution in [3.05, 3.63) is 23.3 Å². The van der Waals surface area contributed by atoms with Crippen LogP contribution in [-0.2, 0) is 5.60 Å². The van der Waals surface area contributed by atoms with Crippen LogP contribution in [-0.4, -0.2) is 18.3 Å². The molecule has 1 rings (SSSR count). The lowest BCUT2D eigenvalue weighted by Crippen LogP contribution is -2.18. The molecule has 0 amide bonds. The standard InChI is InChI=1S/C14H19NO3/c1-5-17-12-7-10(9-15)11(14(3,4)16)8-13(12)18-6-2/h7-8,16H,5-6H2,1-4H3. The van der Waals surface area contributed by atoms with Gasteiger partial charge in [0.05, 0.1) is 30.4 Å². The van der Waals surface area contributed by atoms with E-state index in [9.17, 15) is 5.11 Å². The SMILES string of the molecule is CCOc1cc(C#N)c(C(C)(C)O)cc1OCC. The first-order chi connectivity index (χ1) is 8.43. The molecule has 0 radical (unpaired) electrons. The molecule has 0 aromatic heterocycles. The molecule has 0 fully saturated rings. The molecular weight excluding hydrogens is 230 g/mol. The van der Waals surface area contributed by atoms with Gasteiger partial charge in [-0.2, -0.15) is 5.26 Å². The Labute approximate surface area is 108 Å². The van der Waals surface area contributed by atoms with Gasteiger partial charge in [-0.3, -0.25) is 0 Å². The Bertz CT molecular complexity index is 455. The monoisotopic (exact) mass is 249 g/mol. The number of benzene rings is 1. The Morgan fingerprint density at radius 1 is 1.17 bits per heavy atom. The second kappa shape index (κ2) is 5.74. The van der Waals surface area contributed by atoms with Crippen LogP contribution in [0.2, 0.25) is 0 Å². The predicted molar refractivity (Wildman–Crippen MR) is 68.7 cm³/mol. The average Bonchev–Trinajstić information content (AvgIpc) is 2.30. The Morgan fingerprint density at radius 3 is 2.06 bits per heavy atom. The first-order valence-electron chi connectivity index (χ1n) is 6.00. The minimum atomic E-state index is -1.10. The lowest BCUT2D eigenvalue weighted by molar-refractivity contribution is 0.0778. The summed E-state index contributed by atoms with van der Waals surface area (Å²) in [5.41, 5.74) is -0.159. The van der Waals surface area contributed by atoms with Gasteiger partial charge in [0.15, 0.2) is 11.5 Å². The Hall–Kier alpha value is -1.73. The normalized spacial score (nSPS) is 10.9. The van der Waals surface area contributed by atoms with Gasteiger partial charge in [0, 0.05) is 11.6 Å². The molecular formula is C14H19NO3. The van der Waals surface area contributed by atoms with Crippen molar-refractivity contribution in [2.24, 2.45) is 0 Å². The van der Waals surface area contributed by atoms with Gasteiger partial charge in [-0.05, 0) is 33.8 Å². The largest absolute Gasteiger partial charge is 0.490 e. The molecule has 0 atom stereocenters. The second-order valence-electron chi connectivity index (χ2n) is 4.38. The lowest BCUT2D eigenvalue weighted by Gasteiger charge is -2.21. The summed E-state index contributed by atoms with van der Waals surface area (Å²) in [6.45, 7) is 8.01. The van der Waals surface area contributed by atoms with Gasteiger partial charge in [-0.25, -0.2) is 0 Å². The fourth-order valence-electron chi connectivity index (χ4n) is 1.70. The molecule has 0 aliphatic carbocycles. The predicted octanol–water partition coefficient (Wildman–Crippen LogP) is 2.58. The fraction of sp³-hybridized carbons (Fsp3) is 0.500. The highest BCUT2D eigenvalue weighted by Crippen LogP contribution is 2.35. The van der Waals surface area contributed by atoms with Gasteiger partial charge in [0.2, 0.25) is 0 Å². The summed E-state index contributed by atoms with van der Waals surface area (Å²) in [4.78, 5) is 0. The summed E-state index contributed by atoms with van der Waals surface area (Å²) in [6.07, 6.45) is 0. The van der Waals surface area contributed by atoms with Crippen molar-refractivity contribution in [3.8, 4) is 17.6 Å². The van der Waals surface area contributed by atoms with Gasteiger partial charge >= 0.3 is 0 Å². The third-order valence-corrected chi connectivity index (χ3v) is 2.46. The number of ether oxygens (including phenoxy) is 2. The molecule has 4 nitrogen and oxygen atoms in total. The molecule has 0 spiro atoms. The fourth-order valence-corrected chi connectivity index (χ4v) is 1.70. The number of rotatable bonds is 5. The zero-order chi connectivity index (χ0) is 13.8. The molecule has 98 valence electrons. The molecule has 1 aromatic rings. The van der Waals surface area contributed by atoms with Crippen molar-refractivity contribution < 1.29 is 14.6 Å². The molecule has 1 N–H and O–H groups in total. The van der Waals surface area contributed by atoms with E-state index in [1.165, 1.54) is 0 Å². The summed E-state index contributed by atoms with van der Waals surface area (Å²) in [5.74, 6) is 1.08. The zero-order valence-electron chi connectivity index (χ0n) is 11.3. The maximum absolute atomic E-state index is 10.1. The van der Waals surface area contributed by atoms with Crippen molar-refractivity contribution >= 4 is 0 Å². The third-order valence-electron chi connectivity index (χ3n) is 2.46. The molecule has 1 aromatic carbocycles. The molecule has 4 heteroatoms. The minimum Gasteiger partial charge on any atom is -0.490 e. The first kappa shape index (κ1) is 14.3. The van der Waals surface area contributed by atoms with Crippen LogP contribution >= 0.6 is 0 Å². The topological polar surface area (TPSA) is 62.5 Å². The number of nitrogens with zero attached hydrogens (tertiary/aromatic N) is 1. The smallest absolute Gasteiger partial charge is 0.162 e. The highest BCUT2D eigenvalue weighted by Gasteiger charge is 2.23. The van der Waals surface area contributed by atoms with Crippen LogP contribution < -0.4 is 9.47 Å². The summed E-state index contributed by atoms with van der Waals surface area (Å²) in [6, 6.07) is 5.36. The molecule has 0 heterocycles. The highest BCUT2D eigenvalue weighted by molar-refractivity contribution is 5.53. The summed E-state index contributed by atoms with van der Waals surface area (Å²) in [7, 11) is 0. The first-order valence-corrected chi connectivity index (χ1v) is 6.00. The van der Waals surface area contributed by atoms with Crippen LogP contribution in [0, 0.1) is 11.3 Å². The van der Waals surface area contributed by atoms with E-state index < -0.39 is 5.60 Å². The lowest BCUT2D eigenvalue weighted by atomic mass is 9.93. The Balaban J connectivity index is 3.37. The van der Waals surface area contributed by atoms with Crippen molar-refractivity contribution in [2.75, 3.05) is 13.2 Å². The molecule has 0 saturated carbocycles. The summed E-state index contributed by atoms with van der Waals surface area (Å²) < 4.78 is 10.9. The highest BCUT2D eigenvalue weighted by atomic mass is 16.5. The van der Waals surface area contributed by atoms with Crippen molar-refractivity contribution in [1.29, 1.82) is 5.26 Å². The van der Waals surface area contributed by atoms with Gasteiger partial charge in [0.25, 0.3) is 0 Å². The minimum absolute atomic E-state index is 0.398. The molecule has 0 aliphatic heterocycles. The van der Waals surface area contributed by atoms with Gasteiger partial charge in [-0.1, -0.05) is 0 Å². The van der Waals surface area contributed by atoms with E-state index in [4.69, 9.17) is 14.7 Å². The van der Waals surface area contributed by atoms with E-state index in [0.717, 1.165) is 0 Å². The van der Waals surface area contributed by atoms with E-state index >= 15 is 0 Å². The van der Waals surface area contributed by atoms with Crippen LogP contribution in [0.15, 0.2) is 12.1 Å². The van der Waals surface area contributed by atoms with Crippen LogP contribution in [0.4, 0.5) is 0 Å². The quantitative estimate of drug-likeness (QED) is 0.871. The number of aliphatic hydroxyl groups is 1. The molecule has 0 bridgehead atoms. The maximum atomic E-state index is 10.1. The maximum Gasteiger partial charge on any atom is 0.162 e. The van der Waals surface area contributed by atoms with Crippen LogP contribution in [0.3, 0.4) is 0 Å².